The number of nitrogens with zero attached hydrogens (tertiary/aromatic N) is 2. The lowest BCUT2D eigenvalue weighted by Crippen LogP contribution is -2.09. The molecule has 0 saturated heterocycles. The Kier molecular flexibility index (Phi) is 3.80. The molecule has 7 nitrogen and oxygen atoms in total. The summed E-state index contributed by atoms with van der Waals surface area (Å²) in [6.45, 7) is 0. The maximum atomic E-state index is 10.9. The number of nitrogens with one attached hydrogen (secondary N) is 2. The van der Waals surface area contributed by atoms with Crippen molar-refractivity contribution >= 4 is 23.1 Å². The molecule has 2 rings (SSSR count). The number of rotatable bonds is 5. The fraction of sp³-hybridized carbons (Fsp3) is 0.100. The predicted molar refractivity (Wildman–Crippen MR) is 69.1 cm³/mol. The highest BCUT2D eigenvalue weighted by atomic mass is 32.2. The number of hydrogen-bond acceptors (Lipinski definition) is 6. The zero-order chi connectivity index (χ0) is 13.0. The van der Waals surface area contributed by atoms with Gasteiger partial charge in [0.15, 0.2) is 5.16 Å². The third kappa shape index (κ3) is 2.79. The van der Waals surface area contributed by atoms with Gasteiger partial charge in [0.2, 0.25) is 0 Å². The molecule has 4 N–H and O–H groups in total. The number of nitrogen functional groups attached to an aromatic ring is 1. The van der Waals surface area contributed by atoms with E-state index in [1.807, 2.05) is 0 Å². The average molecular weight is 265 g/mol. The number of thioether (sulfide) groups is 1. The molecule has 1 aromatic heterocycles. The fourth-order valence-corrected chi connectivity index (χ4v) is 2.19. The van der Waals surface area contributed by atoms with Crippen molar-refractivity contribution in [3.8, 4) is 0 Å². The average Bonchev–Trinajstić information content (AvgIpc) is 2.89. The van der Waals surface area contributed by atoms with Gasteiger partial charge in [-0.15, -0.1) is 0 Å². The second kappa shape index (κ2) is 5.52. The molecule has 0 aliphatic heterocycles. The Morgan fingerprint density at radius 2 is 2.39 bits per heavy atom. The van der Waals surface area contributed by atoms with Gasteiger partial charge >= 0.3 is 0 Å². The Morgan fingerprint density at radius 1 is 1.56 bits per heavy atom. The van der Waals surface area contributed by atoms with Crippen LogP contribution in [0.15, 0.2) is 35.7 Å². The molecule has 0 saturated carbocycles. The molecule has 0 spiro atoms. The number of nitrogens with two attached hydrogens (primary N) is 1. The molecule has 0 atom stereocenters. The van der Waals surface area contributed by atoms with Gasteiger partial charge in [0.1, 0.15) is 5.69 Å². The smallest absolute Gasteiger partial charge is 0.293 e. The molecule has 1 aromatic carbocycles. The van der Waals surface area contributed by atoms with Gasteiger partial charge in [0.25, 0.3) is 5.69 Å². The van der Waals surface area contributed by atoms with Crippen LogP contribution in [-0.4, -0.2) is 14.9 Å². The summed E-state index contributed by atoms with van der Waals surface area (Å²) in [7, 11) is 0. The highest BCUT2D eigenvalue weighted by molar-refractivity contribution is 7.98. The summed E-state index contributed by atoms with van der Waals surface area (Å²) in [6, 6.07) is 4.89. The van der Waals surface area contributed by atoms with Crippen LogP contribution in [0.1, 0.15) is 5.56 Å². The van der Waals surface area contributed by atoms with Crippen LogP contribution < -0.4 is 11.3 Å². The van der Waals surface area contributed by atoms with E-state index >= 15 is 0 Å². The van der Waals surface area contributed by atoms with E-state index in [-0.39, 0.29) is 5.69 Å². The first-order chi connectivity index (χ1) is 8.70. The zero-order valence-corrected chi connectivity index (χ0v) is 10.1. The van der Waals surface area contributed by atoms with Gasteiger partial charge in [-0.25, -0.2) is 4.98 Å². The molecule has 2 aromatic rings. The topological polar surface area (TPSA) is 110 Å². The minimum Gasteiger partial charge on any atom is -0.340 e. The lowest BCUT2D eigenvalue weighted by molar-refractivity contribution is -0.384. The third-order valence-corrected chi connectivity index (χ3v) is 3.24. The molecule has 8 heteroatoms. The van der Waals surface area contributed by atoms with Crippen LogP contribution in [0.25, 0.3) is 0 Å². The molecule has 18 heavy (non-hydrogen) atoms. The second-order valence-corrected chi connectivity index (χ2v) is 4.40. The molecule has 0 aliphatic rings. The summed E-state index contributed by atoms with van der Waals surface area (Å²) in [5.74, 6) is 5.81. The Hall–Kier alpha value is -2.06. The van der Waals surface area contributed by atoms with E-state index in [2.05, 4.69) is 15.4 Å². The fourth-order valence-electron chi connectivity index (χ4n) is 1.42. The number of imidazole rings is 1. The van der Waals surface area contributed by atoms with Crippen molar-refractivity contribution in [2.45, 2.75) is 10.9 Å². The molecule has 0 bridgehead atoms. The molecular formula is C10H11N5O2S. The minimum atomic E-state index is -0.462. The normalized spacial score (nSPS) is 10.3. The Balaban J connectivity index is 2.14. The number of H-pyrrole nitrogens is 1. The molecule has 0 radical (unpaired) electrons. The number of aromatic nitrogens is 2. The van der Waals surface area contributed by atoms with Crippen LogP contribution in [-0.2, 0) is 5.75 Å². The maximum Gasteiger partial charge on any atom is 0.293 e. The molecule has 0 unspecified atom stereocenters. The highest BCUT2D eigenvalue weighted by Gasteiger charge is 2.13. The summed E-state index contributed by atoms with van der Waals surface area (Å²) in [5, 5.41) is 11.6. The predicted octanol–water partition coefficient (Wildman–Crippen LogP) is 1.90. The minimum absolute atomic E-state index is 0.0324. The van der Waals surface area contributed by atoms with Gasteiger partial charge in [-0.3, -0.25) is 16.0 Å². The van der Waals surface area contributed by atoms with Crippen LogP contribution in [0.4, 0.5) is 11.4 Å². The number of nitro benzene ring substituents is 1. The zero-order valence-electron chi connectivity index (χ0n) is 9.29. The van der Waals surface area contributed by atoms with E-state index < -0.39 is 4.92 Å². The summed E-state index contributed by atoms with van der Waals surface area (Å²) < 4.78 is 0. The largest absolute Gasteiger partial charge is 0.340 e. The van der Waals surface area contributed by atoms with E-state index in [0.717, 1.165) is 10.7 Å². The van der Waals surface area contributed by atoms with Gasteiger partial charge in [-0.05, 0) is 11.6 Å². The van der Waals surface area contributed by atoms with Crippen LogP contribution in [0.5, 0.6) is 0 Å². The van der Waals surface area contributed by atoms with E-state index in [9.17, 15) is 10.1 Å². The SMILES string of the molecule is NNc1ccc(CSc2ncc[nH]2)cc1[N+](=O)[O-]. The monoisotopic (exact) mass is 265 g/mol. The quantitative estimate of drug-likeness (QED) is 0.329. The van der Waals surface area contributed by atoms with E-state index in [1.54, 1.807) is 24.5 Å². The molecule has 94 valence electrons. The van der Waals surface area contributed by atoms with Crippen molar-refractivity contribution < 1.29 is 4.92 Å². The lowest BCUT2D eigenvalue weighted by atomic mass is 10.2. The number of hydrogen-bond donors (Lipinski definition) is 3. The van der Waals surface area contributed by atoms with Gasteiger partial charge in [-0.1, -0.05) is 17.8 Å². The Morgan fingerprint density at radius 3 is 3.00 bits per heavy atom. The number of benzene rings is 1. The van der Waals surface area contributed by atoms with Crippen LogP contribution >= 0.6 is 11.8 Å². The number of nitro groups is 1. The highest BCUT2D eigenvalue weighted by Crippen LogP contribution is 2.27. The first-order valence-electron chi connectivity index (χ1n) is 5.07. The Labute approximate surface area is 107 Å². The van der Waals surface area contributed by atoms with Gasteiger partial charge < -0.3 is 10.4 Å². The first kappa shape index (κ1) is 12.4. The van der Waals surface area contributed by atoms with Crippen molar-refractivity contribution in [3.05, 3.63) is 46.3 Å². The van der Waals surface area contributed by atoms with Crippen molar-refractivity contribution in [1.29, 1.82) is 0 Å². The van der Waals surface area contributed by atoms with Crippen LogP contribution in [0.2, 0.25) is 0 Å². The summed E-state index contributed by atoms with van der Waals surface area (Å²) in [6.07, 6.45) is 3.39. The van der Waals surface area contributed by atoms with Gasteiger partial charge in [0, 0.05) is 24.2 Å². The molecule has 0 amide bonds. The van der Waals surface area contributed by atoms with Crippen LogP contribution in [0, 0.1) is 10.1 Å². The maximum absolute atomic E-state index is 10.9. The van der Waals surface area contributed by atoms with E-state index in [4.69, 9.17) is 5.84 Å². The third-order valence-electron chi connectivity index (χ3n) is 2.26. The summed E-state index contributed by atoms with van der Waals surface area (Å²) in [5.41, 5.74) is 3.41. The summed E-state index contributed by atoms with van der Waals surface area (Å²) >= 11 is 1.47. The van der Waals surface area contributed by atoms with Crippen molar-refractivity contribution in [2.75, 3.05) is 5.43 Å². The van der Waals surface area contributed by atoms with E-state index in [1.165, 1.54) is 17.8 Å². The van der Waals surface area contributed by atoms with Crippen LogP contribution in [0.3, 0.4) is 0 Å². The second-order valence-electron chi connectivity index (χ2n) is 3.44. The molecule has 1 heterocycles. The lowest BCUT2D eigenvalue weighted by Gasteiger charge is -2.04. The van der Waals surface area contributed by atoms with Crippen molar-refractivity contribution in [3.63, 3.8) is 0 Å². The van der Waals surface area contributed by atoms with Gasteiger partial charge in [0.05, 0.1) is 4.92 Å². The summed E-state index contributed by atoms with van der Waals surface area (Å²) in [4.78, 5) is 17.4. The first-order valence-corrected chi connectivity index (χ1v) is 6.05. The number of hydrazine groups is 1. The van der Waals surface area contributed by atoms with Crippen molar-refractivity contribution in [2.24, 2.45) is 5.84 Å². The Bertz CT molecular complexity index is 543. The number of aromatic amines is 1. The molecular weight excluding hydrogens is 254 g/mol. The standard InChI is InChI=1S/C10H11N5O2S/c11-14-8-2-1-7(5-9(8)15(16)17)6-18-10-12-3-4-13-10/h1-5,14H,6,11H2,(H,12,13). The molecule has 0 aliphatic carbocycles. The van der Waals surface area contributed by atoms with Crippen molar-refractivity contribution in [1.82, 2.24) is 9.97 Å². The number of anilines is 1. The van der Waals surface area contributed by atoms with Gasteiger partial charge in [-0.2, -0.15) is 0 Å². The molecule has 0 fully saturated rings. The van der Waals surface area contributed by atoms with E-state index in [0.29, 0.717) is 11.4 Å².